The Balaban J connectivity index is 2.10. The standard InChI is InChI=1S/C13H14N2OS/c1-9-8-13(16)15-14-12(9)7-4-10-2-5-11(17)6-3-10/h2-7,9,17H,8H2,1H3,(H,15,16). The van der Waals surface area contributed by atoms with Crippen molar-refractivity contribution >= 4 is 30.3 Å². The zero-order valence-corrected chi connectivity index (χ0v) is 10.4. The maximum Gasteiger partial charge on any atom is 0.240 e. The highest BCUT2D eigenvalue weighted by atomic mass is 32.1. The van der Waals surface area contributed by atoms with E-state index >= 15 is 0 Å². The van der Waals surface area contributed by atoms with Crippen LogP contribution in [0.4, 0.5) is 0 Å². The van der Waals surface area contributed by atoms with E-state index in [0.29, 0.717) is 6.42 Å². The van der Waals surface area contributed by atoms with Crippen LogP contribution in [0, 0.1) is 5.92 Å². The number of thiol groups is 1. The number of hydrogen-bond acceptors (Lipinski definition) is 3. The predicted molar refractivity (Wildman–Crippen MR) is 72.1 cm³/mol. The molecule has 1 N–H and O–H groups in total. The second-order valence-electron chi connectivity index (χ2n) is 4.10. The van der Waals surface area contributed by atoms with Gasteiger partial charge in [0.05, 0.1) is 5.71 Å². The van der Waals surface area contributed by atoms with E-state index in [9.17, 15) is 4.79 Å². The minimum absolute atomic E-state index is 0.0194. The summed E-state index contributed by atoms with van der Waals surface area (Å²) >= 11 is 4.23. The fourth-order valence-corrected chi connectivity index (χ4v) is 1.78. The van der Waals surface area contributed by atoms with Crippen molar-refractivity contribution in [3.05, 3.63) is 35.9 Å². The number of hydrogen-bond donors (Lipinski definition) is 2. The molecule has 1 amide bonds. The molecule has 1 atom stereocenters. The molecule has 0 saturated carbocycles. The monoisotopic (exact) mass is 246 g/mol. The molecule has 1 unspecified atom stereocenters. The van der Waals surface area contributed by atoms with E-state index in [4.69, 9.17) is 0 Å². The van der Waals surface area contributed by atoms with Gasteiger partial charge in [-0.3, -0.25) is 4.79 Å². The summed E-state index contributed by atoms with van der Waals surface area (Å²) in [5, 5.41) is 4.04. The summed E-state index contributed by atoms with van der Waals surface area (Å²) < 4.78 is 0. The Bertz CT molecular complexity index is 477. The third kappa shape index (κ3) is 3.20. The smallest absolute Gasteiger partial charge is 0.240 e. The fraction of sp³-hybridized carbons (Fsp3) is 0.231. The van der Waals surface area contributed by atoms with Gasteiger partial charge in [-0.15, -0.1) is 12.6 Å². The number of allylic oxidation sites excluding steroid dienone is 1. The minimum Gasteiger partial charge on any atom is -0.273 e. The van der Waals surface area contributed by atoms with Gasteiger partial charge in [0.15, 0.2) is 0 Å². The molecule has 0 spiro atoms. The highest BCUT2D eigenvalue weighted by Crippen LogP contribution is 2.13. The molecule has 2 rings (SSSR count). The molecule has 0 bridgehead atoms. The van der Waals surface area contributed by atoms with E-state index in [0.717, 1.165) is 16.2 Å². The zero-order chi connectivity index (χ0) is 12.3. The van der Waals surface area contributed by atoms with Crippen LogP contribution in [0.1, 0.15) is 18.9 Å². The zero-order valence-electron chi connectivity index (χ0n) is 9.55. The van der Waals surface area contributed by atoms with Crippen molar-refractivity contribution in [2.75, 3.05) is 0 Å². The van der Waals surface area contributed by atoms with Gasteiger partial charge in [-0.2, -0.15) is 5.10 Å². The molecule has 0 fully saturated rings. The molecular weight excluding hydrogens is 232 g/mol. The average Bonchev–Trinajstić information content (AvgIpc) is 2.30. The summed E-state index contributed by atoms with van der Waals surface area (Å²) in [7, 11) is 0. The average molecular weight is 246 g/mol. The van der Waals surface area contributed by atoms with E-state index in [1.807, 2.05) is 43.3 Å². The topological polar surface area (TPSA) is 41.5 Å². The first-order chi connectivity index (χ1) is 8.15. The maximum atomic E-state index is 11.1. The summed E-state index contributed by atoms with van der Waals surface area (Å²) in [5.41, 5.74) is 4.49. The first kappa shape index (κ1) is 11.9. The molecule has 0 radical (unpaired) electrons. The molecule has 88 valence electrons. The molecule has 0 aliphatic carbocycles. The molecule has 1 aliphatic rings. The number of carbonyl (C=O) groups excluding carboxylic acids is 1. The number of carbonyl (C=O) groups is 1. The Hall–Kier alpha value is -1.55. The second-order valence-corrected chi connectivity index (χ2v) is 4.62. The van der Waals surface area contributed by atoms with Gasteiger partial charge in [0, 0.05) is 17.2 Å². The third-order valence-corrected chi connectivity index (χ3v) is 2.94. The molecule has 1 heterocycles. The van der Waals surface area contributed by atoms with E-state index in [2.05, 4.69) is 23.2 Å². The van der Waals surface area contributed by atoms with Gasteiger partial charge in [-0.05, 0) is 23.8 Å². The quantitative estimate of drug-likeness (QED) is 0.773. The van der Waals surface area contributed by atoms with Crippen LogP contribution in [0.25, 0.3) is 6.08 Å². The van der Waals surface area contributed by atoms with Crippen molar-refractivity contribution in [3.8, 4) is 0 Å². The number of nitrogens with one attached hydrogen (secondary N) is 1. The molecule has 17 heavy (non-hydrogen) atoms. The lowest BCUT2D eigenvalue weighted by Crippen LogP contribution is -2.30. The highest BCUT2D eigenvalue weighted by molar-refractivity contribution is 7.80. The summed E-state index contributed by atoms with van der Waals surface area (Å²) in [6.45, 7) is 2.00. The van der Waals surface area contributed by atoms with Crippen molar-refractivity contribution in [2.45, 2.75) is 18.2 Å². The van der Waals surface area contributed by atoms with Crippen molar-refractivity contribution in [1.82, 2.24) is 5.43 Å². The van der Waals surface area contributed by atoms with Crippen LogP contribution in [-0.4, -0.2) is 11.6 Å². The summed E-state index contributed by atoms with van der Waals surface area (Å²) in [5.74, 6) is 0.151. The van der Waals surface area contributed by atoms with Crippen LogP contribution < -0.4 is 5.43 Å². The van der Waals surface area contributed by atoms with Gasteiger partial charge in [0.25, 0.3) is 0 Å². The molecule has 1 aromatic rings. The minimum atomic E-state index is -0.0194. The number of benzene rings is 1. The number of amides is 1. The molecule has 4 heteroatoms. The molecule has 3 nitrogen and oxygen atoms in total. The van der Waals surface area contributed by atoms with Crippen LogP contribution in [0.5, 0.6) is 0 Å². The molecule has 0 aromatic heterocycles. The Labute approximate surface area is 106 Å². The number of rotatable bonds is 2. The first-order valence-corrected chi connectivity index (χ1v) is 5.93. The largest absolute Gasteiger partial charge is 0.273 e. The van der Waals surface area contributed by atoms with Gasteiger partial charge < -0.3 is 0 Å². The third-order valence-electron chi connectivity index (χ3n) is 2.65. The lowest BCUT2D eigenvalue weighted by molar-refractivity contribution is -0.121. The Morgan fingerprint density at radius 3 is 2.71 bits per heavy atom. The fourth-order valence-electron chi connectivity index (χ4n) is 1.63. The number of hydrazone groups is 1. The molecule has 1 aliphatic heterocycles. The lowest BCUT2D eigenvalue weighted by Gasteiger charge is -2.15. The van der Waals surface area contributed by atoms with Gasteiger partial charge in [-0.1, -0.05) is 25.1 Å². The summed E-state index contributed by atoms with van der Waals surface area (Å²) in [6, 6.07) is 7.87. The van der Waals surface area contributed by atoms with E-state index in [1.165, 1.54) is 0 Å². The maximum absolute atomic E-state index is 11.1. The van der Waals surface area contributed by atoms with Crippen LogP contribution in [0.15, 0.2) is 40.3 Å². The second kappa shape index (κ2) is 5.19. The van der Waals surface area contributed by atoms with Gasteiger partial charge in [-0.25, -0.2) is 5.43 Å². The molecular formula is C13H14N2OS. The number of nitrogens with zero attached hydrogens (tertiary/aromatic N) is 1. The van der Waals surface area contributed by atoms with Gasteiger partial charge in [0.2, 0.25) is 5.91 Å². The molecule has 1 aromatic carbocycles. The van der Waals surface area contributed by atoms with Crippen LogP contribution >= 0.6 is 12.6 Å². The van der Waals surface area contributed by atoms with Crippen molar-refractivity contribution in [3.63, 3.8) is 0 Å². The molecule has 0 saturated heterocycles. The van der Waals surface area contributed by atoms with Crippen LogP contribution in [0.2, 0.25) is 0 Å². The lowest BCUT2D eigenvalue weighted by atomic mass is 9.99. The van der Waals surface area contributed by atoms with Crippen LogP contribution in [-0.2, 0) is 4.79 Å². The van der Waals surface area contributed by atoms with Gasteiger partial charge in [0.1, 0.15) is 0 Å². The Morgan fingerprint density at radius 2 is 2.06 bits per heavy atom. The summed E-state index contributed by atoms with van der Waals surface area (Å²) in [6.07, 6.45) is 4.43. The normalized spacial score (nSPS) is 20.2. The van der Waals surface area contributed by atoms with Crippen molar-refractivity contribution < 1.29 is 4.79 Å². The summed E-state index contributed by atoms with van der Waals surface area (Å²) in [4.78, 5) is 12.0. The van der Waals surface area contributed by atoms with E-state index < -0.39 is 0 Å². The Kier molecular flexibility index (Phi) is 3.64. The van der Waals surface area contributed by atoms with Gasteiger partial charge >= 0.3 is 0 Å². The highest BCUT2D eigenvalue weighted by Gasteiger charge is 2.17. The van der Waals surface area contributed by atoms with Crippen molar-refractivity contribution in [2.24, 2.45) is 11.0 Å². The SMILES string of the molecule is CC1CC(=O)NN=C1C=Cc1ccc(S)cc1. The van der Waals surface area contributed by atoms with E-state index in [1.54, 1.807) is 0 Å². The predicted octanol–water partition coefficient (Wildman–Crippen LogP) is 2.50. The Morgan fingerprint density at radius 1 is 1.35 bits per heavy atom. The van der Waals surface area contributed by atoms with Crippen molar-refractivity contribution in [1.29, 1.82) is 0 Å². The van der Waals surface area contributed by atoms with E-state index in [-0.39, 0.29) is 11.8 Å². The van der Waals surface area contributed by atoms with Crippen LogP contribution in [0.3, 0.4) is 0 Å². The first-order valence-electron chi connectivity index (χ1n) is 5.48.